The van der Waals surface area contributed by atoms with Gasteiger partial charge >= 0.3 is 5.97 Å². The molecule has 0 spiro atoms. The standard InChI is InChI=1S/C13H19ClN2O4S/c1-10(11-5-4-6-12(14)9-11)15-21(18,19)16(2)8-7-13(17)20-3/h4-6,9-10,15H,7-8H2,1-3H3. The van der Waals surface area contributed by atoms with Crippen molar-refractivity contribution in [2.45, 2.75) is 19.4 Å². The summed E-state index contributed by atoms with van der Waals surface area (Å²) in [6.45, 7) is 1.77. The molecule has 0 saturated carbocycles. The van der Waals surface area contributed by atoms with Crippen molar-refractivity contribution in [2.24, 2.45) is 0 Å². The van der Waals surface area contributed by atoms with E-state index >= 15 is 0 Å². The lowest BCUT2D eigenvalue weighted by Gasteiger charge is -2.21. The lowest BCUT2D eigenvalue weighted by Crippen LogP contribution is -2.40. The summed E-state index contributed by atoms with van der Waals surface area (Å²) in [6.07, 6.45) is -0.000540. The molecule has 0 amide bonds. The quantitative estimate of drug-likeness (QED) is 0.770. The number of rotatable bonds is 7. The molecule has 1 aromatic rings. The van der Waals surface area contributed by atoms with Gasteiger partial charge in [0.25, 0.3) is 10.2 Å². The summed E-state index contributed by atoms with van der Waals surface area (Å²) in [5.74, 6) is -0.458. The van der Waals surface area contributed by atoms with Crippen LogP contribution in [0.2, 0.25) is 5.02 Å². The van der Waals surface area contributed by atoms with E-state index in [0.29, 0.717) is 5.02 Å². The first-order valence-electron chi connectivity index (χ1n) is 6.32. The minimum Gasteiger partial charge on any atom is -0.469 e. The van der Waals surface area contributed by atoms with Crippen LogP contribution in [0.3, 0.4) is 0 Å². The molecular formula is C13H19ClN2O4S. The predicted molar refractivity (Wildman–Crippen MR) is 81.2 cm³/mol. The van der Waals surface area contributed by atoms with Crippen molar-refractivity contribution in [3.8, 4) is 0 Å². The second-order valence-corrected chi connectivity index (χ2v) is 6.79. The van der Waals surface area contributed by atoms with Gasteiger partial charge in [0, 0.05) is 24.7 Å². The van der Waals surface area contributed by atoms with Crippen molar-refractivity contribution in [3.05, 3.63) is 34.9 Å². The first-order chi connectivity index (χ1) is 9.76. The van der Waals surface area contributed by atoms with Crippen molar-refractivity contribution in [3.63, 3.8) is 0 Å². The van der Waals surface area contributed by atoms with E-state index in [4.69, 9.17) is 11.6 Å². The Morgan fingerprint density at radius 1 is 1.48 bits per heavy atom. The topological polar surface area (TPSA) is 75.7 Å². The number of nitrogens with one attached hydrogen (secondary N) is 1. The van der Waals surface area contributed by atoms with Gasteiger partial charge in [0.15, 0.2) is 0 Å². The average molecular weight is 335 g/mol. The Hall–Kier alpha value is -1.15. The Morgan fingerprint density at radius 3 is 2.71 bits per heavy atom. The molecule has 8 heteroatoms. The molecule has 0 bridgehead atoms. The number of methoxy groups -OCH3 is 1. The third-order valence-electron chi connectivity index (χ3n) is 2.94. The number of ether oxygens (including phenoxy) is 1. The smallest absolute Gasteiger partial charge is 0.306 e. The van der Waals surface area contributed by atoms with Crippen LogP contribution in [0.1, 0.15) is 24.9 Å². The Kier molecular flexibility index (Phi) is 6.60. The van der Waals surface area contributed by atoms with E-state index in [1.165, 1.54) is 14.2 Å². The second-order valence-electron chi connectivity index (χ2n) is 4.55. The lowest BCUT2D eigenvalue weighted by molar-refractivity contribution is -0.140. The molecule has 0 saturated heterocycles. The van der Waals surface area contributed by atoms with Crippen molar-refractivity contribution >= 4 is 27.8 Å². The molecular weight excluding hydrogens is 316 g/mol. The van der Waals surface area contributed by atoms with Crippen LogP contribution in [-0.4, -0.2) is 39.4 Å². The third-order valence-corrected chi connectivity index (χ3v) is 4.83. The molecule has 0 heterocycles. The zero-order valence-electron chi connectivity index (χ0n) is 12.2. The van der Waals surface area contributed by atoms with Gasteiger partial charge in [0.1, 0.15) is 0 Å². The molecule has 118 valence electrons. The van der Waals surface area contributed by atoms with Gasteiger partial charge < -0.3 is 4.74 Å². The van der Waals surface area contributed by atoms with Crippen molar-refractivity contribution < 1.29 is 17.9 Å². The number of nitrogens with zero attached hydrogens (tertiary/aromatic N) is 1. The average Bonchev–Trinajstić information content (AvgIpc) is 2.43. The van der Waals surface area contributed by atoms with Crippen LogP contribution in [0.4, 0.5) is 0 Å². The second kappa shape index (κ2) is 7.74. The maximum Gasteiger partial charge on any atom is 0.306 e. The molecule has 0 aliphatic rings. The van der Waals surface area contributed by atoms with E-state index in [2.05, 4.69) is 9.46 Å². The largest absolute Gasteiger partial charge is 0.469 e. The Labute approximate surface area is 130 Å². The maximum absolute atomic E-state index is 12.1. The van der Waals surface area contributed by atoms with Gasteiger partial charge in [-0.2, -0.15) is 17.4 Å². The molecule has 0 fully saturated rings. The fraction of sp³-hybridized carbons (Fsp3) is 0.462. The molecule has 6 nitrogen and oxygen atoms in total. The van der Waals surface area contributed by atoms with Crippen molar-refractivity contribution in [2.75, 3.05) is 20.7 Å². The van der Waals surface area contributed by atoms with Crippen LogP contribution in [0.15, 0.2) is 24.3 Å². The van der Waals surface area contributed by atoms with E-state index in [-0.39, 0.29) is 13.0 Å². The fourth-order valence-electron chi connectivity index (χ4n) is 1.63. The monoisotopic (exact) mass is 334 g/mol. The summed E-state index contributed by atoms with van der Waals surface area (Å²) >= 11 is 5.88. The van der Waals surface area contributed by atoms with E-state index in [0.717, 1.165) is 9.87 Å². The van der Waals surface area contributed by atoms with Gasteiger partial charge in [0.2, 0.25) is 0 Å². The summed E-state index contributed by atoms with van der Waals surface area (Å²) in [4.78, 5) is 11.0. The zero-order valence-corrected chi connectivity index (χ0v) is 13.7. The number of benzene rings is 1. The van der Waals surface area contributed by atoms with Crippen LogP contribution in [0, 0.1) is 0 Å². The number of hydrogen-bond donors (Lipinski definition) is 1. The summed E-state index contributed by atoms with van der Waals surface area (Å²) in [5.41, 5.74) is 0.757. The molecule has 1 unspecified atom stereocenters. The highest BCUT2D eigenvalue weighted by Crippen LogP contribution is 2.18. The van der Waals surface area contributed by atoms with Crippen molar-refractivity contribution in [1.29, 1.82) is 0 Å². The highest BCUT2D eigenvalue weighted by molar-refractivity contribution is 7.87. The van der Waals surface area contributed by atoms with Gasteiger partial charge in [-0.15, -0.1) is 0 Å². The fourth-order valence-corrected chi connectivity index (χ4v) is 2.92. The van der Waals surface area contributed by atoms with Gasteiger partial charge in [-0.25, -0.2) is 0 Å². The molecule has 1 aromatic carbocycles. The molecule has 0 radical (unpaired) electrons. The van der Waals surface area contributed by atoms with E-state index < -0.39 is 22.2 Å². The predicted octanol–water partition coefficient (Wildman–Crippen LogP) is 1.73. The first kappa shape index (κ1) is 17.9. The molecule has 0 aromatic heterocycles. The highest BCUT2D eigenvalue weighted by Gasteiger charge is 2.21. The first-order valence-corrected chi connectivity index (χ1v) is 8.14. The van der Waals surface area contributed by atoms with Gasteiger partial charge in [-0.1, -0.05) is 23.7 Å². The summed E-state index contributed by atoms with van der Waals surface area (Å²) in [5, 5.41) is 0.539. The number of hydrogen-bond acceptors (Lipinski definition) is 4. The summed E-state index contributed by atoms with van der Waals surface area (Å²) in [6, 6.07) is 6.52. The van der Waals surface area contributed by atoms with E-state index in [1.54, 1.807) is 31.2 Å². The van der Waals surface area contributed by atoms with E-state index in [1.807, 2.05) is 0 Å². The van der Waals surface area contributed by atoms with Crippen LogP contribution in [0.5, 0.6) is 0 Å². The normalized spacial score (nSPS) is 13.2. The van der Waals surface area contributed by atoms with Crippen LogP contribution in [0.25, 0.3) is 0 Å². The third kappa shape index (κ3) is 5.62. The minimum absolute atomic E-state index is 0.000540. The summed E-state index contributed by atoms with van der Waals surface area (Å²) in [7, 11) is -1.03. The summed E-state index contributed by atoms with van der Waals surface area (Å²) < 4.78 is 32.3. The van der Waals surface area contributed by atoms with Crippen LogP contribution >= 0.6 is 11.6 Å². The van der Waals surface area contributed by atoms with Crippen LogP contribution in [-0.2, 0) is 19.7 Å². The molecule has 0 aliphatic carbocycles. The number of carbonyl (C=O) groups excluding carboxylic acids is 1. The maximum atomic E-state index is 12.1. The molecule has 1 rings (SSSR count). The van der Waals surface area contributed by atoms with Gasteiger partial charge in [0.05, 0.1) is 13.5 Å². The van der Waals surface area contributed by atoms with Gasteiger partial charge in [-0.05, 0) is 24.6 Å². The number of halogens is 1. The van der Waals surface area contributed by atoms with Crippen molar-refractivity contribution in [1.82, 2.24) is 9.03 Å². The minimum atomic E-state index is -3.69. The zero-order chi connectivity index (χ0) is 16.0. The molecule has 1 N–H and O–H groups in total. The Balaban J connectivity index is 2.68. The van der Waals surface area contributed by atoms with E-state index in [9.17, 15) is 13.2 Å². The molecule has 1 atom stereocenters. The van der Waals surface area contributed by atoms with Crippen LogP contribution < -0.4 is 4.72 Å². The van der Waals surface area contributed by atoms with Gasteiger partial charge in [-0.3, -0.25) is 4.79 Å². The Bertz CT molecular complexity index is 592. The lowest BCUT2D eigenvalue weighted by atomic mass is 10.1. The SMILES string of the molecule is COC(=O)CCN(C)S(=O)(=O)NC(C)c1cccc(Cl)c1. The molecule has 0 aliphatic heterocycles. The Morgan fingerprint density at radius 2 is 2.14 bits per heavy atom. The number of carbonyl (C=O) groups is 1. The molecule has 21 heavy (non-hydrogen) atoms. The highest BCUT2D eigenvalue weighted by atomic mass is 35.5. The number of esters is 1.